The molecule has 1 aromatic carbocycles. The maximum absolute atomic E-state index is 13.8. The Balaban J connectivity index is 1.64. The molecule has 0 spiro atoms. The maximum Gasteiger partial charge on any atom is 0.306 e. The number of aliphatic hydroxyl groups excluding tert-OH is 1. The highest BCUT2D eigenvalue weighted by Crippen LogP contribution is 2.49. The van der Waals surface area contributed by atoms with Gasteiger partial charge in [0.05, 0.1) is 11.5 Å². The number of carbonyl (C=O) groups is 1. The van der Waals surface area contributed by atoms with Gasteiger partial charge in [0, 0.05) is 30.1 Å². The van der Waals surface area contributed by atoms with Gasteiger partial charge in [-0.1, -0.05) is 44.5 Å². The molecule has 2 saturated carbocycles. The van der Waals surface area contributed by atoms with Gasteiger partial charge >= 0.3 is 5.97 Å². The Labute approximate surface area is 217 Å². The Morgan fingerprint density at radius 1 is 1.22 bits per heavy atom. The van der Waals surface area contributed by atoms with Crippen molar-refractivity contribution in [2.75, 3.05) is 0 Å². The molecular formula is C28H39ClF2N2O3. The molecule has 1 unspecified atom stereocenters. The van der Waals surface area contributed by atoms with E-state index >= 15 is 0 Å². The fraction of sp³-hybridized carbons (Fsp3) is 0.679. The molecule has 0 saturated heterocycles. The Morgan fingerprint density at radius 3 is 2.42 bits per heavy atom. The van der Waals surface area contributed by atoms with Gasteiger partial charge in [-0.2, -0.15) is 0 Å². The number of aliphatic hydroxyl groups is 1. The Morgan fingerprint density at radius 2 is 1.86 bits per heavy atom. The zero-order valence-electron chi connectivity index (χ0n) is 21.7. The van der Waals surface area contributed by atoms with Gasteiger partial charge in [-0.05, 0) is 79.5 Å². The lowest BCUT2D eigenvalue weighted by molar-refractivity contribution is -0.146. The first kappa shape index (κ1) is 27.3. The van der Waals surface area contributed by atoms with Crippen molar-refractivity contribution in [3.63, 3.8) is 0 Å². The largest absolute Gasteiger partial charge is 0.481 e. The summed E-state index contributed by atoms with van der Waals surface area (Å²) >= 11 is 6.72. The van der Waals surface area contributed by atoms with Gasteiger partial charge in [0.2, 0.25) is 5.92 Å². The lowest BCUT2D eigenvalue weighted by Gasteiger charge is -2.52. The molecule has 200 valence electrons. The van der Waals surface area contributed by atoms with Crippen LogP contribution in [-0.2, 0) is 16.8 Å². The number of aliphatic carboxylic acids is 1. The van der Waals surface area contributed by atoms with Crippen molar-refractivity contribution >= 4 is 17.6 Å². The number of rotatable bonds is 6. The van der Waals surface area contributed by atoms with Gasteiger partial charge in [0.15, 0.2) is 6.35 Å². The molecule has 0 aromatic heterocycles. The third-order valence-corrected chi connectivity index (χ3v) is 8.73. The molecule has 3 N–H and O–H groups in total. The van der Waals surface area contributed by atoms with Gasteiger partial charge in [-0.15, -0.1) is 0 Å². The second-order valence-corrected chi connectivity index (χ2v) is 12.7. The summed E-state index contributed by atoms with van der Waals surface area (Å²) in [5, 5.41) is 24.6. The van der Waals surface area contributed by atoms with E-state index in [1.165, 1.54) is 0 Å². The van der Waals surface area contributed by atoms with Crippen LogP contribution in [-0.4, -0.2) is 39.4 Å². The van der Waals surface area contributed by atoms with Crippen LogP contribution in [0.25, 0.3) is 0 Å². The first-order chi connectivity index (χ1) is 16.7. The summed E-state index contributed by atoms with van der Waals surface area (Å²) in [6.07, 6.45) is 3.96. The van der Waals surface area contributed by atoms with Gasteiger partial charge in [0.25, 0.3) is 0 Å². The molecule has 0 radical (unpaired) electrons. The average Bonchev–Trinajstić information content (AvgIpc) is 2.73. The summed E-state index contributed by atoms with van der Waals surface area (Å²) in [5.41, 5.74) is 2.36. The van der Waals surface area contributed by atoms with Gasteiger partial charge < -0.3 is 15.1 Å². The SMILES string of the molecule is CC(C)(C)CCc1ccc([C@]2(C)NC(O)N(C3CCC(F)(F)CC3)C=C2C2CC(C(=O)O)C2)cc1Cl. The highest BCUT2D eigenvalue weighted by atomic mass is 35.5. The number of carboxylic acids is 1. The third-order valence-electron chi connectivity index (χ3n) is 8.38. The van der Waals surface area contributed by atoms with Crippen molar-refractivity contribution in [3.8, 4) is 0 Å². The highest BCUT2D eigenvalue weighted by molar-refractivity contribution is 6.31. The van der Waals surface area contributed by atoms with Gasteiger partial charge in [-0.3, -0.25) is 10.1 Å². The Bertz CT molecular complexity index is 1010. The number of nitrogens with zero attached hydrogens (tertiary/aromatic N) is 1. The quantitative estimate of drug-likeness (QED) is 0.408. The number of hydrogen-bond acceptors (Lipinski definition) is 4. The molecule has 5 nitrogen and oxygen atoms in total. The minimum absolute atomic E-state index is 0.0166. The summed E-state index contributed by atoms with van der Waals surface area (Å²) in [7, 11) is 0. The molecule has 0 amide bonds. The first-order valence-corrected chi connectivity index (χ1v) is 13.4. The van der Waals surface area contributed by atoms with Crippen LogP contribution in [0.2, 0.25) is 5.02 Å². The lowest BCUT2D eigenvalue weighted by atomic mass is 9.64. The van der Waals surface area contributed by atoms with Crippen molar-refractivity contribution in [3.05, 3.63) is 46.1 Å². The highest BCUT2D eigenvalue weighted by Gasteiger charge is 2.48. The van der Waals surface area contributed by atoms with E-state index in [2.05, 4.69) is 26.1 Å². The van der Waals surface area contributed by atoms with E-state index in [4.69, 9.17) is 11.6 Å². The summed E-state index contributed by atoms with van der Waals surface area (Å²) in [4.78, 5) is 13.3. The molecule has 1 aromatic rings. The molecule has 0 bridgehead atoms. The minimum Gasteiger partial charge on any atom is -0.481 e. The van der Waals surface area contributed by atoms with Crippen LogP contribution in [0.15, 0.2) is 30.0 Å². The molecule has 2 fully saturated rings. The predicted molar refractivity (Wildman–Crippen MR) is 137 cm³/mol. The number of nitrogens with one attached hydrogen (secondary N) is 1. The van der Waals surface area contributed by atoms with E-state index in [0.717, 1.165) is 29.5 Å². The average molecular weight is 525 g/mol. The topological polar surface area (TPSA) is 72.8 Å². The van der Waals surface area contributed by atoms with Crippen LogP contribution >= 0.6 is 11.6 Å². The van der Waals surface area contributed by atoms with Crippen molar-refractivity contribution in [2.24, 2.45) is 17.3 Å². The van der Waals surface area contributed by atoms with E-state index < -0.39 is 29.7 Å². The molecule has 3 aliphatic rings. The fourth-order valence-corrected chi connectivity index (χ4v) is 6.09. The Hall–Kier alpha value is -1.70. The summed E-state index contributed by atoms with van der Waals surface area (Å²) in [6.45, 7) is 8.58. The Kier molecular flexibility index (Phi) is 7.50. The van der Waals surface area contributed by atoms with Crippen LogP contribution in [0.4, 0.5) is 8.78 Å². The van der Waals surface area contributed by atoms with E-state index in [1.54, 1.807) is 4.90 Å². The van der Waals surface area contributed by atoms with Crippen molar-refractivity contribution < 1.29 is 23.8 Å². The molecule has 4 rings (SSSR count). The fourth-order valence-electron chi connectivity index (χ4n) is 5.81. The molecule has 2 aliphatic carbocycles. The van der Waals surface area contributed by atoms with E-state index in [0.29, 0.717) is 30.7 Å². The van der Waals surface area contributed by atoms with Crippen molar-refractivity contribution in [1.29, 1.82) is 0 Å². The predicted octanol–water partition coefficient (Wildman–Crippen LogP) is 6.29. The zero-order valence-corrected chi connectivity index (χ0v) is 22.4. The molecule has 1 heterocycles. The smallest absolute Gasteiger partial charge is 0.306 e. The third kappa shape index (κ3) is 5.73. The number of hydrogen-bond donors (Lipinski definition) is 3. The number of benzene rings is 1. The number of halogens is 3. The van der Waals surface area contributed by atoms with Crippen molar-refractivity contribution in [1.82, 2.24) is 10.2 Å². The number of carboxylic acid groups (broad SMARTS) is 1. The first-order valence-electron chi connectivity index (χ1n) is 13.0. The van der Waals surface area contributed by atoms with Crippen molar-refractivity contribution in [2.45, 2.75) is 103 Å². The van der Waals surface area contributed by atoms with E-state index in [1.807, 2.05) is 31.3 Å². The van der Waals surface area contributed by atoms with Crippen LogP contribution in [0.1, 0.15) is 83.8 Å². The molecule has 2 atom stereocenters. The van der Waals surface area contributed by atoms with Crippen LogP contribution in [0.5, 0.6) is 0 Å². The minimum atomic E-state index is -2.65. The number of aryl methyl sites for hydroxylation is 1. The van der Waals surface area contributed by atoms with Crippen LogP contribution in [0, 0.1) is 17.3 Å². The standard InChI is InChI=1S/C28H39ClF2N2O3/c1-26(2,3)10-7-17-5-6-20(15-23(17)29)27(4)22(18-13-19(14-18)24(34)35)16-33(25(36)32-27)21-8-11-28(30,31)12-9-21/h5-6,15-16,18-19,21,25,32,36H,7-14H2,1-4H3,(H,34,35)/t18?,19?,25?,27-/m0/s1. The molecule has 8 heteroatoms. The molecular weight excluding hydrogens is 486 g/mol. The normalized spacial score (nSPS) is 31.1. The van der Waals surface area contributed by atoms with Gasteiger partial charge in [-0.25, -0.2) is 8.78 Å². The number of alkyl halides is 2. The van der Waals surface area contributed by atoms with E-state index in [9.17, 15) is 23.8 Å². The zero-order chi connectivity index (χ0) is 26.5. The second kappa shape index (κ2) is 9.88. The molecule has 1 aliphatic heterocycles. The second-order valence-electron chi connectivity index (χ2n) is 12.3. The monoisotopic (exact) mass is 524 g/mol. The summed E-state index contributed by atoms with van der Waals surface area (Å²) in [5.74, 6) is -3.82. The van der Waals surface area contributed by atoms with Crippen LogP contribution < -0.4 is 5.32 Å². The summed E-state index contributed by atoms with van der Waals surface area (Å²) in [6, 6.07) is 5.81. The lowest BCUT2D eigenvalue weighted by Crippen LogP contribution is -2.61. The maximum atomic E-state index is 13.8. The summed E-state index contributed by atoms with van der Waals surface area (Å²) < 4.78 is 27.6. The van der Waals surface area contributed by atoms with E-state index in [-0.39, 0.29) is 30.2 Å². The molecule has 36 heavy (non-hydrogen) atoms. The van der Waals surface area contributed by atoms with Crippen LogP contribution in [0.3, 0.4) is 0 Å². The van der Waals surface area contributed by atoms with Gasteiger partial charge in [0.1, 0.15) is 0 Å².